The minimum Gasteiger partial charge on any atom is -0.351 e. The number of hydrogen-bond acceptors (Lipinski definition) is 2. The van der Waals surface area contributed by atoms with Crippen LogP contribution in [-0.4, -0.2) is 26.7 Å². The number of rotatable bonds is 6. The predicted octanol–water partition coefficient (Wildman–Crippen LogP) is 1.76. The molecule has 1 aromatic heterocycles. The van der Waals surface area contributed by atoms with Gasteiger partial charge in [0.25, 0.3) is 5.91 Å². The summed E-state index contributed by atoms with van der Waals surface area (Å²) in [5.41, 5.74) is 0.615. The Morgan fingerprint density at radius 1 is 1.53 bits per heavy atom. The maximum atomic E-state index is 11.6. The fourth-order valence-electron chi connectivity index (χ4n) is 1.29. The zero-order valence-corrected chi connectivity index (χ0v) is 11.0. The van der Waals surface area contributed by atoms with Gasteiger partial charge in [0.15, 0.2) is 0 Å². The molecule has 0 fully saturated rings. The number of nitrogens with zero attached hydrogens (tertiary/aromatic N) is 2. The Balaban J connectivity index is 2.22. The normalized spacial score (nSPS) is 10.3. The molecule has 1 amide bonds. The number of carbonyl (C=O) groups is 1. The highest BCUT2D eigenvalue weighted by Gasteiger charge is 2.07. The quantitative estimate of drug-likeness (QED) is 0.493. The van der Waals surface area contributed by atoms with Crippen molar-refractivity contribution in [3.05, 3.63) is 18.0 Å². The van der Waals surface area contributed by atoms with Gasteiger partial charge in [-0.25, -0.2) is 0 Å². The number of halogens is 1. The standard InChI is InChI=1S/C10H16IN3O/c1-14-9(5-8-13-14)10(15)12-7-4-2-3-6-11/h5,8H,2-4,6-7H2,1H3,(H,12,15). The summed E-state index contributed by atoms with van der Waals surface area (Å²) in [4.78, 5) is 11.6. The molecule has 0 spiro atoms. The first-order valence-corrected chi connectivity index (χ1v) is 6.60. The Labute approximate surface area is 104 Å². The molecule has 0 aliphatic rings. The first-order chi connectivity index (χ1) is 7.25. The summed E-state index contributed by atoms with van der Waals surface area (Å²) >= 11 is 2.37. The molecule has 0 saturated heterocycles. The lowest BCUT2D eigenvalue weighted by molar-refractivity contribution is 0.0943. The van der Waals surface area contributed by atoms with E-state index in [1.165, 1.54) is 17.3 Å². The number of unbranched alkanes of at least 4 members (excludes halogenated alkanes) is 2. The Bertz CT molecular complexity index is 311. The summed E-state index contributed by atoms with van der Waals surface area (Å²) in [5, 5.41) is 6.83. The largest absolute Gasteiger partial charge is 0.351 e. The van der Waals surface area contributed by atoms with Crippen LogP contribution in [0, 0.1) is 0 Å². The van der Waals surface area contributed by atoms with Crippen LogP contribution in [0.25, 0.3) is 0 Å². The second-order valence-electron chi connectivity index (χ2n) is 3.35. The van der Waals surface area contributed by atoms with Crippen molar-refractivity contribution in [3.8, 4) is 0 Å². The molecule has 15 heavy (non-hydrogen) atoms. The number of carbonyl (C=O) groups excluding carboxylic acids is 1. The molecular formula is C10H16IN3O. The zero-order chi connectivity index (χ0) is 11.1. The average Bonchev–Trinajstić information content (AvgIpc) is 2.64. The van der Waals surface area contributed by atoms with Crippen LogP contribution in [0.1, 0.15) is 29.8 Å². The van der Waals surface area contributed by atoms with E-state index in [-0.39, 0.29) is 5.91 Å². The number of amides is 1. The van der Waals surface area contributed by atoms with Crippen LogP contribution in [0.4, 0.5) is 0 Å². The first kappa shape index (κ1) is 12.5. The first-order valence-electron chi connectivity index (χ1n) is 5.08. The molecule has 0 bridgehead atoms. The monoisotopic (exact) mass is 321 g/mol. The molecular weight excluding hydrogens is 305 g/mol. The Hall–Kier alpha value is -0.590. The van der Waals surface area contributed by atoms with Crippen LogP contribution in [0.5, 0.6) is 0 Å². The number of alkyl halides is 1. The van der Waals surface area contributed by atoms with Gasteiger partial charge in [0.1, 0.15) is 5.69 Å². The molecule has 0 aromatic carbocycles. The van der Waals surface area contributed by atoms with Crippen LogP contribution >= 0.6 is 22.6 Å². The Morgan fingerprint density at radius 2 is 2.33 bits per heavy atom. The van der Waals surface area contributed by atoms with Crippen LogP contribution in [0.3, 0.4) is 0 Å². The van der Waals surface area contributed by atoms with Crippen LogP contribution in [0.2, 0.25) is 0 Å². The fourth-order valence-corrected chi connectivity index (χ4v) is 1.82. The highest BCUT2D eigenvalue weighted by molar-refractivity contribution is 14.1. The van der Waals surface area contributed by atoms with Gasteiger partial charge < -0.3 is 5.32 Å². The minimum atomic E-state index is -0.0375. The van der Waals surface area contributed by atoms with E-state index in [0.29, 0.717) is 5.69 Å². The third kappa shape index (κ3) is 4.19. The molecule has 0 aliphatic heterocycles. The van der Waals surface area contributed by atoms with Gasteiger partial charge in [-0.2, -0.15) is 5.10 Å². The molecule has 0 atom stereocenters. The number of nitrogens with one attached hydrogen (secondary N) is 1. The van der Waals surface area contributed by atoms with Gasteiger partial charge in [0.05, 0.1) is 0 Å². The van der Waals surface area contributed by atoms with Crippen molar-refractivity contribution in [1.82, 2.24) is 15.1 Å². The van der Waals surface area contributed by atoms with Gasteiger partial charge >= 0.3 is 0 Å². The average molecular weight is 321 g/mol. The van der Waals surface area contributed by atoms with E-state index in [9.17, 15) is 4.79 Å². The van der Waals surface area contributed by atoms with Crippen molar-refractivity contribution in [2.75, 3.05) is 11.0 Å². The summed E-state index contributed by atoms with van der Waals surface area (Å²) in [5.74, 6) is -0.0375. The number of aryl methyl sites for hydroxylation is 1. The van der Waals surface area contributed by atoms with Crippen molar-refractivity contribution in [1.29, 1.82) is 0 Å². The molecule has 0 aliphatic carbocycles. The lowest BCUT2D eigenvalue weighted by atomic mass is 10.2. The van der Waals surface area contributed by atoms with Crippen molar-refractivity contribution in [2.45, 2.75) is 19.3 Å². The number of aromatic nitrogens is 2. The molecule has 5 heteroatoms. The molecule has 0 unspecified atom stereocenters. The van der Waals surface area contributed by atoms with Crippen molar-refractivity contribution in [3.63, 3.8) is 0 Å². The highest BCUT2D eigenvalue weighted by atomic mass is 127. The number of hydrogen-bond donors (Lipinski definition) is 1. The molecule has 1 rings (SSSR count). The van der Waals surface area contributed by atoms with Gasteiger partial charge in [-0.1, -0.05) is 29.0 Å². The molecule has 1 aromatic rings. The Kier molecular flexibility index (Phi) is 5.67. The molecule has 1 N–H and O–H groups in total. The molecule has 1 heterocycles. The van der Waals surface area contributed by atoms with E-state index >= 15 is 0 Å². The predicted molar refractivity (Wildman–Crippen MR) is 68.3 cm³/mol. The van der Waals surface area contributed by atoms with Crippen molar-refractivity contribution >= 4 is 28.5 Å². The van der Waals surface area contributed by atoms with Crippen LogP contribution in [0.15, 0.2) is 12.3 Å². The Morgan fingerprint density at radius 3 is 2.93 bits per heavy atom. The second kappa shape index (κ2) is 6.81. The fraction of sp³-hybridized carbons (Fsp3) is 0.600. The smallest absolute Gasteiger partial charge is 0.269 e. The van der Waals surface area contributed by atoms with E-state index in [4.69, 9.17) is 0 Å². The van der Waals surface area contributed by atoms with Crippen molar-refractivity contribution < 1.29 is 4.79 Å². The maximum absolute atomic E-state index is 11.6. The van der Waals surface area contributed by atoms with Gasteiger partial charge in [0, 0.05) is 19.8 Å². The summed E-state index contributed by atoms with van der Waals surface area (Å²) < 4.78 is 2.77. The van der Waals surface area contributed by atoms with Gasteiger partial charge in [-0.05, 0) is 23.3 Å². The highest BCUT2D eigenvalue weighted by Crippen LogP contribution is 1.99. The lowest BCUT2D eigenvalue weighted by Gasteiger charge is -2.04. The van der Waals surface area contributed by atoms with E-state index in [0.717, 1.165) is 13.0 Å². The van der Waals surface area contributed by atoms with E-state index in [1.807, 2.05) is 0 Å². The molecule has 0 saturated carbocycles. The summed E-state index contributed by atoms with van der Waals surface area (Å²) in [6.45, 7) is 0.751. The third-order valence-electron chi connectivity index (χ3n) is 2.15. The van der Waals surface area contributed by atoms with Crippen LogP contribution in [-0.2, 0) is 7.05 Å². The van der Waals surface area contributed by atoms with Gasteiger partial charge in [-0.3, -0.25) is 9.48 Å². The second-order valence-corrected chi connectivity index (χ2v) is 4.42. The minimum absolute atomic E-state index is 0.0375. The maximum Gasteiger partial charge on any atom is 0.269 e. The lowest BCUT2D eigenvalue weighted by Crippen LogP contribution is -2.26. The van der Waals surface area contributed by atoms with E-state index in [1.54, 1.807) is 24.0 Å². The topological polar surface area (TPSA) is 46.9 Å². The molecule has 4 nitrogen and oxygen atoms in total. The third-order valence-corrected chi connectivity index (χ3v) is 2.91. The van der Waals surface area contributed by atoms with Crippen molar-refractivity contribution in [2.24, 2.45) is 7.05 Å². The van der Waals surface area contributed by atoms with E-state index in [2.05, 4.69) is 33.0 Å². The van der Waals surface area contributed by atoms with Gasteiger partial charge in [-0.15, -0.1) is 0 Å². The SMILES string of the molecule is Cn1nccc1C(=O)NCCCCCI. The summed E-state index contributed by atoms with van der Waals surface area (Å²) in [7, 11) is 1.77. The van der Waals surface area contributed by atoms with Gasteiger partial charge in [0.2, 0.25) is 0 Å². The zero-order valence-electron chi connectivity index (χ0n) is 8.87. The molecule has 0 radical (unpaired) electrons. The van der Waals surface area contributed by atoms with Crippen LogP contribution < -0.4 is 5.32 Å². The van der Waals surface area contributed by atoms with E-state index < -0.39 is 0 Å². The summed E-state index contributed by atoms with van der Waals surface area (Å²) in [6.07, 6.45) is 5.08. The summed E-state index contributed by atoms with van der Waals surface area (Å²) in [6, 6.07) is 1.72. The molecule has 84 valence electrons.